The van der Waals surface area contributed by atoms with Crippen LogP contribution in [0.4, 0.5) is 0 Å². The maximum atomic E-state index is 12.5. The van der Waals surface area contributed by atoms with E-state index in [2.05, 4.69) is 9.88 Å². The zero-order valence-electron chi connectivity index (χ0n) is 13.5. The Morgan fingerprint density at radius 3 is 2.71 bits per heavy atom. The number of rotatable bonds is 4. The minimum Gasteiger partial charge on any atom is -0.360 e. The first-order valence-electron chi connectivity index (χ1n) is 7.64. The average Bonchev–Trinajstić information content (AvgIpc) is 2.96. The van der Waals surface area contributed by atoms with E-state index < -0.39 is 16.1 Å². The van der Waals surface area contributed by atoms with Crippen LogP contribution >= 0.6 is 0 Å². The van der Waals surface area contributed by atoms with Crippen molar-refractivity contribution in [1.82, 2.24) is 14.8 Å². The Morgan fingerprint density at radius 1 is 1.33 bits per heavy atom. The molecule has 1 aliphatic rings. The first-order valence-corrected chi connectivity index (χ1v) is 9.53. The third-order valence-corrected chi connectivity index (χ3v) is 4.73. The second-order valence-electron chi connectivity index (χ2n) is 5.92. The molecule has 1 aliphatic heterocycles. The number of carbonyl (C=O) groups excluding carboxylic acids is 1. The lowest BCUT2D eigenvalue weighted by Crippen LogP contribution is -2.48. The van der Waals surface area contributed by atoms with Crippen LogP contribution in [0.1, 0.15) is 18.2 Å². The molecule has 0 aliphatic carbocycles. The van der Waals surface area contributed by atoms with Crippen LogP contribution < -0.4 is 4.72 Å². The Morgan fingerprint density at radius 2 is 2.04 bits per heavy atom. The van der Waals surface area contributed by atoms with Gasteiger partial charge in [0, 0.05) is 24.1 Å². The lowest BCUT2D eigenvalue weighted by atomic mass is 10.0. The molecular weight excluding hydrogens is 330 g/mol. The lowest BCUT2D eigenvalue weighted by Gasteiger charge is -2.28. The fourth-order valence-electron chi connectivity index (χ4n) is 2.87. The highest BCUT2D eigenvalue weighted by molar-refractivity contribution is 7.88. The zero-order chi connectivity index (χ0) is 17.3. The van der Waals surface area contributed by atoms with E-state index in [1.807, 2.05) is 30.3 Å². The van der Waals surface area contributed by atoms with E-state index in [0.29, 0.717) is 19.5 Å². The number of fused-ring (bicyclic) bond motifs is 1. The Labute approximate surface area is 140 Å². The molecule has 1 unspecified atom stereocenters. The first kappa shape index (κ1) is 16.7. The minimum atomic E-state index is -3.44. The van der Waals surface area contributed by atoms with Gasteiger partial charge in [-0.3, -0.25) is 4.79 Å². The van der Waals surface area contributed by atoms with Gasteiger partial charge < -0.3 is 9.42 Å². The summed E-state index contributed by atoms with van der Waals surface area (Å²) in [6, 6.07) is 8.83. The molecule has 1 atom stereocenters. The molecule has 8 heteroatoms. The van der Waals surface area contributed by atoms with Crippen LogP contribution in [0.3, 0.4) is 0 Å². The summed E-state index contributed by atoms with van der Waals surface area (Å²) in [5.41, 5.74) is 2.54. The van der Waals surface area contributed by atoms with Crippen LogP contribution in [0.5, 0.6) is 0 Å². The topological polar surface area (TPSA) is 92.5 Å². The van der Waals surface area contributed by atoms with E-state index >= 15 is 0 Å². The number of benzene rings is 1. The number of aromatic nitrogens is 1. The van der Waals surface area contributed by atoms with Crippen LogP contribution in [0.25, 0.3) is 11.3 Å². The van der Waals surface area contributed by atoms with Gasteiger partial charge in [-0.05, 0) is 6.92 Å². The van der Waals surface area contributed by atoms with Crippen molar-refractivity contribution in [2.24, 2.45) is 0 Å². The Hall–Kier alpha value is -2.19. The highest BCUT2D eigenvalue weighted by atomic mass is 32.2. The molecule has 0 bridgehead atoms. The van der Waals surface area contributed by atoms with Crippen LogP contribution in [0.2, 0.25) is 0 Å². The van der Waals surface area contributed by atoms with Gasteiger partial charge in [-0.2, -0.15) is 0 Å². The summed E-state index contributed by atoms with van der Waals surface area (Å²) in [6.07, 6.45) is 1.60. The summed E-state index contributed by atoms with van der Waals surface area (Å²) < 4.78 is 30.4. The van der Waals surface area contributed by atoms with Crippen molar-refractivity contribution in [3.05, 3.63) is 41.7 Å². The van der Waals surface area contributed by atoms with Crippen molar-refractivity contribution in [3.63, 3.8) is 0 Å². The molecule has 7 nitrogen and oxygen atoms in total. The van der Waals surface area contributed by atoms with Gasteiger partial charge in [0.15, 0.2) is 0 Å². The van der Waals surface area contributed by atoms with Crippen LogP contribution in [0, 0.1) is 0 Å². The molecule has 1 aromatic heterocycles. The number of carbonyl (C=O) groups is 1. The first-order chi connectivity index (χ1) is 11.3. The normalized spacial score (nSPS) is 15.8. The number of hydrogen-bond donors (Lipinski definition) is 1. The quantitative estimate of drug-likeness (QED) is 0.894. The predicted molar refractivity (Wildman–Crippen MR) is 88.5 cm³/mol. The monoisotopic (exact) mass is 349 g/mol. The molecule has 128 valence electrons. The third-order valence-electron chi connectivity index (χ3n) is 3.95. The minimum absolute atomic E-state index is 0.258. The van der Waals surface area contributed by atoms with E-state index in [1.165, 1.54) is 0 Å². The molecular formula is C16H19N3O4S. The standard InChI is InChI=1S/C16H19N3O4S/c1-11(18-24(2,21)22)16(20)19-9-8-14-13(10-19)15(17-23-14)12-6-4-3-5-7-12/h3-7,11,18H,8-10H2,1-2H3. The van der Waals surface area contributed by atoms with Gasteiger partial charge in [-0.25, -0.2) is 13.1 Å². The number of amides is 1. The van der Waals surface area contributed by atoms with Crippen LogP contribution in [-0.4, -0.2) is 43.2 Å². The summed E-state index contributed by atoms with van der Waals surface area (Å²) in [4.78, 5) is 14.1. The van der Waals surface area contributed by atoms with Crippen molar-refractivity contribution >= 4 is 15.9 Å². The molecule has 0 saturated carbocycles. The molecule has 3 rings (SSSR count). The molecule has 1 amide bonds. The van der Waals surface area contributed by atoms with Crippen molar-refractivity contribution in [2.45, 2.75) is 25.9 Å². The van der Waals surface area contributed by atoms with Crippen molar-refractivity contribution in [1.29, 1.82) is 0 Å². The van der Waals surface area contributed by atoms with Gasteiger partial charge in [-0.15, -0.1) is 0 Å². The molecule has 2 aromatic rings. The van der Waals surface area contributed by atoms with E-state index in [-0.39, 0.29) is 5.91 Å². The largest absolute Gasteiger partial charge is 0.360 e. The molecule has 1 N–H and O–H groups in total. The summed E-state index contributed by atoms with van der Waals surface area (Å²) >= 11 is 0. The number of hydrogen-bond acceptors (Lipinski definition) is 5. The Kier molecular flexibility index (Phi) is 4.42. The van der Waals surface area contributed by atoms with Gasteiger partial charge in [0.25, 0.3) is 0 Å². The second kappa shape index (κ2) is 6.37. The number of nitrogens with one attached hydrogen (secondary N) is 1. The molecule has 0 saturated heterocycles. The zero-order valence-corrected chi connectivity index (χ0v) is 14.3. The van der Waals surface area contributed by atoms with Gasteiger partial charge in [-0.1, -0.05) is 35.5 Å². The lowest BCUT2D eigenvalue weighted by molar-refractivity contribution is -0.133. The van der Waals surface area contributed by atoms with Crippen LogP contribution in [-0.2, 0) is 27.8 Å². The Bertz CT molecular complexity index is 845. The van der Waals surface area contributed by atoms with Gasteiger partial charge >= 0.3 is 0 Å². The SMILES string of the molecule is CC(NS(C)(=O)=O)C(=O)N1CCc2onc(-c3ccccc3)c2C1. The summed E-state index contributed by atoms with van der Waals surface area (Å²) in [5, 5.41) is 4.14. The Balaban J connectivity index is 1.81. The fraction of sp³-hybridized carbons (Fsp3) is 0.375. The molecule has 0 fully saturated rings. The van der Waals surface area contributed by atoms with E-state index in [9.17, 15) is 13.2 Å². The van der Waals surface area contributed by atoms with Crippen LogP contribution in [0.15, 0.2) is 34.9 Å². The summed E-state index contributed by atoms with van der Waals surface area (Å²) in [6.45, 7) is 2.38. The summed E-state index contributed by atoms with van der Waals surface area (Å²) in [5.74, 6) is 0.521. The molecule has 1 aromatic carbocycles. The van der Waals surface area contributed by atoms with Crippen molar-refractivity contribution < 1.29 is 17.7 Å². The maximum Gasteiger partial charge on any atom is 0.240 e. The second-order valence-corrected chi connectivity index (χ2v) is 7.70. The molecule has 0 spiro atoms. The smallest absolute Gasteiger partial charge is 0.240 e. The van der Waals surface area contributed by atoms with Gasteiger partial charge in [0.1, 0.15) is 11.5 Å². The van der Waals surface area contributed by atoms with Gasteiger partial charge in [0.2, 0.25) is 15.9 Å². The third kappa shape index (κ3) is 3.49. The van der Waals surface area contributed by atoms with Crippen molar-refractivity contribution in [2.75, 3.05) is 12.8 Å². The summed E-state index contributed by atoms with van der Waals surface area (Å²) in [7, 11) is -3.44. The highest BCUT2D eigenvalue weighted by Gasteiger charge is 2.30. The van der Waals surface area contributed by atoms with Crippen molar-refractivity contribution in [3.8, 4) is 11.3 Å². The molecule has 24 heavy (non-hydrogen) atoms. The molecule has 0 radical (unpaired) electrons. The van der Waals surface area contributed by atoms with E-state index in [4.69, 9.17) is 4.52 Å². The number of sulfonamides is 1. The van der Waals surface area contributed by atoms with E-state index in [1.54, 1.807) is 11.8 Å². The van der Waals surface area contributed by atoms with E-state index in [0.717, 1.165) is 28.8 Å². The average molecular weight is 349 g/mol. The fourth-order valence-corrected chi connectivity index (χ4v) is 3.61. The highest BCUT2D eigenvalue weighted by Crippen LogP contribution is 2.30. The number of nitrogens with zero attached hydrogens (tertiary/aromatic N) is 2. The molecule has 2 heterocycles. The predicted octanol–water partition coefficient (Wildman–Crippen LogP) is 1.16. The maximum absolute atomic E-state index is 12.5. The van der Waals surface area contributed by atoms with Gasteiger partial charge in [0.05, 0.1) is 18.8 Å².